The topological polar surface area (TPSA) is 136 Å². The van der Waals surface area contributed by atoms with Crippen molar-refractivity contribution in [2.24, 2.45) is 0 Å². The van der Waals surface area contributed by atoms with E-state index in [2.05, 4.69) is 5.10 Å². The molecule has 1 heterocycles. The number of rotatable bonds is 5. The van der Waals surface area contributed by atoms with Crippen LogP contribution in [0.2, 0.25) is 0 Å². The number of nitrogens with zero attached hydrogens (tertiary/aromatic N) is 3. The van der Waals surface area contributed by atoms with E-state index in [1.807, 2.05) is 31.2 Å². The van der Waals surface area contributed by atoms with E-state index >= 15 is 0 Å². The van der Waals surface area contributed by atoms with Crippen LogP contribution >= 0.6 is 0 Å². The fourth-order valence-electron chi connectivity index (χ4n) is 2.44. The van der Waals surface area contributed by atoms with Crippen LogP contribution in [0.25, 0.3) is 0 Å². The fraction of sp³-hybridized carbons (Fsp3) is 0.150. The lowest BCUT2D eigenvalue weighted by atomic mass is 10.1. The molecule has 3 rings (SSSR count). The van der Waals surface area contributed by atoms with Crippen molar-refractivity contribution in [3.63, 3.8) is 0 Å². The van der Waals surface area contributed by atoms with E-state index in [4.69, 9.17) is 10.2 Å². The van der Waals surface area contributed by atoms with E-state index in [0.717, 1.165) is 11.6 Å². The van der Waals surface area contributed by atoms with Crippen molar-refractivity contribution in [2.75, 3.05) is 0 Å². The van der Waals surface area contributed by atoms with Gasteiger partial charge in [0.25, 0.3) is 0 Å². The molecule has 0 atom stereocenters. The predicted molar refractivity (Wildman–Crippen MR) is 104 cm³/mol. The Morgan fingerprint density at radius 1 is 1.00 bits per heavy atom. The molecule has 150 valence electrons. The Hall–Kier alpha value is -4.01. The molecule has 0 unspecified atom stereocenters. The van der Waals surface area contributed by atoms with Gasteiger partial charge in [-0.25, -0.2) is 9.59 Å². The van der Waals surface area contributed by atoms with Crippen molar-refractivity contribution >= 4 is 17.6 Å². The van der Waals surface area contributed by atoms with Gasteiger partial charge in [0.15, 0.2) is 0 Å². The highest BCUT2D eigenvalue weighted by molar-refractivity contribution is 5.94. The second-order valence-electron chi connectivity index (χ2n) is 6.34. The first-order valence-corrected chi connectivity index (χ1v) is 8.46. The molecule has 29 heavy (non-hydrogen) atoms. The van der Waals surface area contributed by atoms with Gasteiger partial charge in [0.05, 0.1) is 22.6 Å². The molecule has 0 saturated heterocycles. The van der Waals surface area contributed by atoms with E-state index in [-0.39, 0.29) is 16.8 Å². The molecular weight excluding hydrogens is 378 g/mol. The zero-order valence-electron chi connectivity index (χ0n) is 15.8. The molecule has 9 heteroatoms. The largest absolute Gasteiger partial charge is 0.478 e. The smallest absolute Gasteiger partial charge is 0.335 e. The van der Waals surface area contributed by atoms with Crippen LogP contribution in [0.5, 0.6) is 0 Å². The summed E-state index contributed by atoms with van der Waals surface area (Å²) in [4.78, 5) is 31.1. The van der Waals surface area contributed by atoms with E-state index in [9.17, 15) is 19.7 Å². The average molecular weight is 397 g/mol. The van der Waals surface area contributed by atoms with Crippen LogP contribution in [-0.4, -0.2) is 36.9 Å². The minimum absolute atomic E-state index is 0.00241. The third kappa shape index (κ3) is 6.28. The summed E-state index contributed by atoms with van der Waals surface area (Å²) in [6, 6.07) is 12.0. The molecule has 0 aliphatic heterocycles. The first-order chi connectivity index (χ1) is 13.7. The Balaban J connectivity index is 0.000000212. The number of carbonyl (C=O) groups is 2. The molecule has 0 bridgehead atoms. The molecule has 0 saturated carbocycles. The Morgan fingerprint density at radius 3 is 2.00 bits per heavy atom. The van der Waals surface area contributed by atoms with Gasteiger partial charge in [-0.1, -0.05) is 29.8 Å². The number of benzene rings is 2. The van der Waals surface area contributed by atoms with Crippen LogP contribution in [0, 0.1) is 24.0 Å². The Labute approximate surface area is 166 Å². The van der Waals surface area contributed by atoms with Gasteiger partial charge >= 0.3 is 17.6 Å². The number of carboxylic acids is 2. The maximum absolute atomic E-state index is 10.5. The fourth-order valence-corrected chi connectivity index (χ4v) is 2.44. The van der Waals surface area contributed by atoms with Gasteiger partial charge in [-0.2, -0.15) is 5.10 Å². The summed E-state index contributed by atoms with van der Waals surface area (Å²) in [7, 11) is 0. The van der Waals surface area contributed by atoms with Gasteiger partial charge in [-0.3, -0.25) is 14.8 Å². The number of aromatic carboxylic acids is 2. The average Bonchev–Trinajstić information content (AvgIpc) is 3.12. The minimum Gasteiger partial charge on any atom is -0.478 e. The molecular formula is C20H19N3O6. The van der Waals surface area contributed by atoms with Crippen LogP contribution in [0.1, 0.15) is 37.4 Å². The summed E-state index contributed by atoms with van der Waals surface area (Å²) in [5, 5.41) is 31.6. The number of nitro groups is 1. The zero-order valence-corrected chi connectivity index (χ0v) is 15.8. The van der Waals surface area contributed by atoms with Crippen molar-refractivity contribution in [3.05, 3.63) is 92.8 Å². The van der Waals surface area contributed by atoms with Gasteiger partial charge in [0, 0.05) is 0 Å². The monoisotopic (exact) mass is 397 g/mol. The Morgan fingerprint density at radius 2 is 1.55 bits per heavy atom. The third-order valence-corrected chi connectivity index (χ3v) is 3.87. The van der Waals surface area contributed by atoms with Crippen LogP contribution in [-0.2, 0) is 6.54 Å². The molecule has 2 N–H and O–H groups in total. The lowest BCUT2D eigenvalue weighted by molar-refractivity contribution is -0.385. The molecule has 0 amide bonds. The summed E-state index contributed by atoms with van der Waals surface area (Å²) in [6.45, 7) is 4.22. The highest BCUT2D eigenvalue weighted by Gasteiger charge is 2.09. The number of aryl methyl sites for hydroxylation is 2. The second kappa shape index (κ2) is 9.27. The predicted octanol–water partition coefficient (Wildman–Crippen LogP) is 3.54. The Kier molecular flexibility index (Phi) is 6.80. The molecule has 0 aliphatic rings. The quantitative estimate of drug-likeness (QED) is 0.496. The maximum Gasteiger partial charge on any atom is 0.335 e. The number of carboxylic acid groups (broad SMARTS) is 2. The normalized spacial score (nSPS) is 10.0. The number of hydrogen-bond acceptors (Lipinski definition) is 5. The summed E-state index contributed by atoms with van der Waals surface area (Å²) in [6.07, 6.45) is 2.69. The maximum atomic E-state index is 10.5. The van der Waals surface area contributed by atoms with Crippen molar-refractivity contribution < 1.29 is 24.7 Å². The summed E-state index contributed by atoms with van der Waals surface area (Å²) in [5.74, 6) is -2.24. The van der Waals surface area contributed by atoms with E-state index in [1.54, 1.807) is 11.6 Å². The van der Waals surface area contributed by atoms with Crippen LogP contribution < -0.4 is 0 Å². The van der Waals surface area contributed by atoms with Gasteiger partial charge in [-0.05, 0) is 43.2 Å². The van der Waals surface area contributed by atoms with E-state index in [1.165, 1.54) is 30.1 Å². The molecule has 1 aromatic heterocycles. The van der Waals surface area contributed by atoms with Crippen LogP contribution in [0.15, 0.2) is 54.9 Å². The van der Waals surface area contributed by atoms with Crippen molar-refractivity contribution in [1.29, 1.82) is 0 Å². The van der Waals surface area contributed by atoms with E-state index < -0.39 is 16.9 Å². The molecule has 9 nitrogen and oxygen atoms in total. The van der Waals surface area contributed by atoms with Crippen molar-refractivity contribution in [2.45, 2.75) is 20.4 Å². The molecule has 2 aromatic carbocycles. The standard InChI is InChI=1S/C11H11N3O2.C9H8O4/c1-9-2-4-10(5-3-9)7-13-8-11(6-12-13)14(15)16;1-5-2-6(8(10)11)4-7(3-5)9(12)13/h2-6,8H,7H2,1H3;2-4H,1H3,(H,10,11)(H,12,13). The van der Waals surface area contributed by atoms with Crippen LogP contribution in [0.4, 0.5) is 5.69 Å². The number of hydrogen-bond donors (Lipinski definition) is 2. The molecule has 0 aliphatic carbocycles. The molecule has 0 radical (unpaired) electrons. The zero-order chi connectivity index (χ0) is 21.6. The SMILES string of the molecule is Cc1cc(C(=O)O)cc(C(=O)O)c1.Cc1ccc(Cn2cc([N+](=O)[O-])cn2)cc1. The van der Waals surface area contributed by atoms with Gasteiger partial charge in [0.1, 0.15) is 12.4 Å². The van der Waals surface area contributed by atoms with Gasteiger partial charge in [-0.15, -0.1) is 0 Å². The minimum atomic E-state index is -1.12. The summed E-state index contributed by atoms with van der Waals surface area (Å²) >= 11 is 0. The summed E-state index contributed by atoms with van der Waals surface area (Å²) < 4.78 is 1.56. The first kappa shape index (κ1) is 21.3. The van der Waals surface area contributed by atoms with E-state index in [0.29, 0.717) is 12.1 Å². The highest BCUT2D eigenvalue weighted by atomic mass is 16.6. The van der Waals surface area contributed by atoms with Gasteiger partial charge in [0.2, 0.25) is 0 Å². The molecule has 0 spiro atoms. The van der Waals surface area contributed by atoms with Crippen molar-refractivity contribution in [1.82, 2.24) is 9.78 Å². The third-order valence-electron chi connectivity index (χ3n) is 3.87. The van der Waals surface area contributed by atoms with Gasteiger partial charge < -0.3 is 10.2 Å². The highest BCUT2D eigenvalue weighted by Crippen LogP contribution is 2.11. The number of aromatic nitrogens is 2. The lowest BCUT2D eigenvalue weighted by Gasteiger charge is -2.01. The second-order valence-corrected chi connectivity index (χ2v) is 6.34. The lowest BCUT2D eigenvalue weighted by Crippen LogP contribution is -2.02. The van der Waals surface area contributed by atoms with Crippen molar-refractivity contribution in [3.8, 4) is 0 Å². The first-order valence-electron chi connectivity index (χ1n) is 8.46. The van der Waals surface area contributed by atoms with Crippen LogP contribution in [0.3, 0.4) is 0 Å². The summed E-state index contributed by atoms with van der Waals surface area (Å²) in [5.41, 5.74) is 2.90. The molecule has 0 fully saturated rings. The molecule has 3 aromatic rings. The Bertz CT molecular complexity index is 1010.